The van der Waals surface area contributed by atoms with Crippen molar-refractivity contribution in [1.29, 1.82) is 5.26 Å². The Labute approximate surface area is 214 Å². The lowest BCUT2D eigenvalue weighted by Crippen LogP contribution is -2.35. The van der Waals surface area contributed by atoms with Gasteiger partial charge >= 0.3 is 0 Å². The molecule has 1 atom stereocenters. The molecule has 5 rings (SSSR count). The van der Waals surface area contributed by atoms with Crippen molar-refractivity contribution in [2.24, 2.45) is 0 Å². The van der Waals surface area contributed by atoms with Crippen LogP contribution in [-0.4, -0.2) is 37.2 Å². The van der Waals surface area contributed by atoms with Gasteiger partial charge in [-0.05, 0) is 56.5 Å². The second-order valence-corrected chi connectivity index (χ2v) is 9.91. The number of hydrogen-bond donors (Lipinski definition) is 3. The van der Waals surface area contributed by atoms with Crippen LogP contribution in [0.1, 0.15) is 56.9 Å². The van der Waals surface area contributed by atoms with E-state index in [0.29, 0.717) is 38.6 Å². The van der Waals surface area contributed by atoms with Crippen LogP contribution in [0.4, 0.5) is 15.8 Å². The summed E-state index contributed by atoms with van der Waals surface area (Å²) >= 11 is 6.62. The van der Waals surface area contributed by atoms with E-state index in [0.717, 1.165) is 12.8 Å². The molecule has 36 heavy (non-hydrogen) atoms. The first kappa shape index (κ1) is 22.7. The molecule has 1 saturated carbocycles. The lowest BCUT2D eigenvalue weighted by molar-refractivity contribution is 0.234. The van der Waals surface area contributed by atoms with Gasteiger partial charge in [-0.2, -0.15) is 5.26 Å². The van der Waals surface area contributed by atoms with E-state index in [4.69, 9.17) is 11.6 Å². The third-order valence-corrected chi connectivity index (χ3v) is 6.28. The number of pyridine rings is 1. The van der Waals surface area contributed by atoms with Crippen molar-refractivity contribution in [2.75, 3.05) is 17.2 Å². The van der Waals surface area contributed by atoms with Crippen LogP contribution in [0.15, 0.2) is 48.8 Å². The molecule has 10 heteroatoms. The molecule has 0 spiro atoms. The smallest absolute Gasteiger partial charge is 0.123 e. The van der Waals surface area contributed by atoms with Crippen molar-refractivity contribution < 1.29 is 10.9 Å². The summed E-state index contributed by atoms with van der Waals surface area (Å²) in [6.45, 7) is 3.43. The highest BCUT2D eigenvalue weighted by Gasteiger charge is 2.27. The Morgan fingerprint density at radius 3 is 2.75 bits per heavy atom. The third-order valence-electron chi connectivity index (χ3n) is 5.99. The molecule has 4 aromatic rings. The van der Waals surface area contributed by atoms with Gasteiger partial charge in [0.15, 0.2) is 0 Å². The summed E-state index contributed by atoms with van der Waals surface area (Å²) in [7, 11) is 0. The molecule has 0 bridgehead atoms. The number of hydrogen-bond acceptors (Lipinski definition) is 7. The molecule has 2 heterocycles. The predicted octanol–water partition coefficient (Wildman–Crippen LogP) is 5.21. The maximum atomic E-state index is 13.7. The van der Waals surface area contributed by atoms with Gasteiger partial charge in [-0.15, -0.1) is 5.10 Å². The molecule has 0 unspecified atom stereocenters. The maximum absolute atomic E-state index is 13.7. The summed E-state index contributed by atoms with van der Waals surface area (Å²) in [5.41, 5.74) is 1.73. The van der Waals surface area contributed by atoms with Crippen molar-refractivity contribution >= 4 is 33.9 Å². The first-order valence-corrected chi connectivity index (χ1v) is 11.9. The number of anilines is 2. The van der Waals surface area contributed by atoms with Gasteiger partial charge in [-0.3, -0.25) is 4.98 Å². The Morgan fingerprint density at radius 2 is 2.08 bits per heavy atom. The highest BCUT2D eigenvalue weighted by Crippen LogP contribution is 2.37. The lowest BCUT2D eigenvalue weighted by Gasteiger charge is -2.27. The standard InChI is InChI=1S/C26H25ClFN7O/c1-26(2,14-36)32-23-16(11-29)12-30-25-20(23)9-18(10-21(25)27)31-24(15-3-5-17(28)6-4-15)22-13-35(34-33-22)19-7-8-19/h3-6,9-10,12-13,19,24,31,36H,7-8,14H2,1-2H3,(H,30,32)/t24-/m0/s1/i24D. The van der Waals surface area contributed by atoms with Crippen molar-refractivity contribution in [3.63, 3.8) is 0 Å². The predicted molar refractivity (Wildman–Crippen MR) is 136 cm³/mol. The minimum Gasteiger partial charge on any atom is -0.394 e. The number of aliphatic hydroxyl groups is 1. The van der Waals surface area contributed by atoms with Crippen LogP contribution in [-0.2, 0) is 0 Å². The summed E-state index contributed by atoms with van der Waals surface area (Å²) in [5.74, 6) is -0.418. The van der Waals surface area contributed by atoms with Crippen LogP contribution in [0.25, 0.3) is 10.9 Å². The molecule has 1 fully saturated rings. The normalized spacial score (nSPS) is 15.7. The number of nitrogens with zero attached hydrogens (tertiary/aromatic N) is 5. The quantitative estimate of drug-likeness (QED) is 0.301. The molecule has 3 N–H and O–H groups in total. The topological polar surface area (TPSA) is 112 Å². The average molecular weight is 507 g/mol. The molecule has 8 nitrogen and oxygen atoms in total. The van der Waals surface area contributed by atoms with E-state index in [1.807, 2.05) is 0 Å². The SMILES string of the molecule is [2H][C@](Nc1cc(Cl)c2ncc(C#N)c(NC(C)(C)CO)c2c1)(c1ccc(F)cc1)c1cn(C2CC2)nn1. The number of aliphatic hydroxyl groups excluding tert-OH is 1. The van der Waals surface area contributed by atoms with E-state index < -0.39 is 17.4 Å². The lowest BCUT2D eigenvalue weighted by atomic mass is 10.0. The second kappa shape index (κ2) is 9.37. The molecule has 1 aliphatic carbocycles. The fourth-order valence-corrected chi connectivity index (χ4v) is 4.15. The van der Waals surface area contributed by atoms with Crippen molar-refractivity contribution in [1.82, 2.24) is 20.0 Å². The highest BCUT2D eigenvalue weighted by molar-refractivity contribution is 6.35. The van der Waals surface area contributed by atoms with E-state index in [1.165, 1.54) is 30.5 Å². The fraction of sp³-hybridized carbons (Fsp3) is 0.308. The number of halogens is 2. The highest BCUT2D eigenvalue weighted by atomic mass is 35.5. The largest absolute Gasteiger partial charge is 0.394 e. The molecule has 0 saturated heterocycles. The molecule has 0 aliphatic heterocycles. The molecule has 1 aliphatic rings. The summed E-state index contributed by atoms with van der Waals surface area (Å²) in [6.07, 6.45) is 5.18. The van der Waals surface area contributed by atoms with Gasteiger partial charge in [-0.1, -0.05) is 28.9 Å². The van der Waals surface area contributed by atoms with Crippen molar-refractivity contribution in [2.45, 2.75) is 44.3 Å². The van der Waals surface area contributed by atoms with Crippen LogP contribution >= 0.6 is 11.6 Å². The minimum absolute atomic E-state index is 0.176. The molecule has 0 amide bonds. The van der Waals surface area contributed by atoms with Gasteiger partial charge < -0.3 is 15.7 Å². The number of nitrogens with one attached hydrogen (secondary N) is 2. The number of rotatable bonds is 8. The summed E-state index contributed by atoms with van der Waals surface area (Å²) in [4.78, 5) is 4.36. The molecular weight excluding hydrogens is 481 g/mol. The zero-order chi connectivity index (χ0) is 26.4. The Bertz CT molecular complexity index is 1510. The van der Waals surface area contributed by atoms with Gasteiger partial charge in [0.1, 0.15) is 17.6 Å². The first-order valence-electron chi connectivity index (χ1n) is 12.0. The zero-order valence-electron chi connectivity index (χ0n) is 20.8. The van der Waals surface area contributed by atoms with Crippen molar-refractivity contribution in [3.8, 4) is 6.07 Å². The number of benzene rings is 2. The van der Waals surface area contributed by atoms with Gasteiger partial charge in [0, 0.05) is 17.3 Å². The molecular formula is C26H25ClFN7O. The number of fused-ring (bicyclic) bond motifs is 1. The molecule has 2 aromatic heterocycles. The summed E-state index contributed by atoms with van der Waals surface area (Å²) in [5, 5.41) is 35.3. The van der Waals surface area contributed by atoms with Crippen molar-refractivity contribution in [3.05, 3.63) is 76.5 Å². The van der Waals surface area contributed by atoms with Crippen LogP contribution in [0.2, 0.25) is 5.02 Å². The van der Waals surface area contributed by atoms with E-state index in [1.54, 1.807) is 36.9 Å². The van der Waals surface area contributed by atoms with E-state index in [2.05, 4.69) is 32.0 Å². The minimum atomic E-state index is -1.63. The molecule has 2 aromatic carbocycles. The van der Waals surface area contributed by atoms with Gasteiger partial charge in [0.2, 0.25) is 0 Å². The van der Waals surface area contributed by atoms with Crippen LogP contribution in [0.3, 0.4) is 0 Å². The summed E-state index contributed by atoms with van der Waals surface area (Å²) < 4.78 is 25.0. The van der Waals surface area contributed by atoms with Gasteiger partial charge in [-0.25, -0.2) is 9.07 Å². The Hall–Kier alpha value is -3.74. The second-order valence-electron chi connectivity index (χ2n) is 9.50. The van der Waals surface area contributed by atoms with Crippen LogP contribution < -0.4 is 10.6 Å². The monoisotopic (exact) mass is 506 g/mol. The van der Waals surface area contributed by atoms with Gasteiger partial charge in [0.05, 0.1) is 53.6 Å². The number of aromatic nitrogens is 4. The van der Waals surface area contributed by atoms with Crippen LogP contribution in [0, 0.1) is 17.1 Å². The van der Waals surface area contributed by atoms with E-state index >= 15 is 0 Å². The van der Waals surface area contributed by atoms with Crippen LogP contribution in [0.5, 0.6) is 0 Å². The Morgan fingerprint density at radius 1 is 1.33 bits per heavy atom. The third kappa shape index (κ3) is 4.83. The summed E-state index contributed by atoms with van der Waals surface area (Å²) in [6, 6.07) is 9.80. The average Bonchev–Trinajstić information content (AvgIpc) is 3.60. The van der Waals surface area contributed by atoms with E-state index in [9.17, 15) is 16.1 Å². The number of nitriles is 1. The fourth-order valence-electron chi connectivity index (χ4n) is 3.88. The maximum Gasteiger partial charge on any atom is 0.123 e. The molecule has 184 valence electrons. The van der Waals surface area contributed by atoms with Gasteiger partial charge in [0.25, 0.3) is 0 Å². The molecule has 0 radical (unpaired) electrons. The zero-order valence-corrected chi connectivity index (χ0v) is 20.5. The first-order chi connectivity index (χ1) is 17.6. The Balaban J connectivity index is 1.64. The van der Waals surface area contributed by atoms with E-state index in [-0.39, 0.29) is 18.2 Å². The Kier molecular flexibility index (Phi) is 5.91.